The van der Waals surface area contributed by atoms with Crippen LogP contribution in [0.25, 0.3) is 0 Å². The van der Waals surface area contributed by atoms with E-state index in [-0.39, 0.29) is 0 Å². The van der Waals surface area contributed by atoms with Crippen LogP contribution in [0, 0.1) is 5.92 Å². The first-order chi connectivity index (χ1) is 5.86. The second-order valence-corrected chi connectivity index (χ2v) is 3.78. The predicted molar refractivity (Wildman–Crippen MR) is 52.0 cm³/mol. The number of methoxy groups -OCH3 is 1. The first-order valence-corrected chi connectivity index (χ1v) is 5.23. The molecule has 0 amide bonds. The number of hydrogen-bond acceptors (Lipinski definition) is 1. The fourth-order valence-electron chi connectivity index (χ4n) is 1.97. The molecule has 1 saturated carbocycles. The highest BCUT2D eigenvalue weighted by Gasteiger charge is 2.17. The van der Waals surface area contributed by atoms with Gasteiger partial charge in [0, 0.05) is 7.11 Å². The van der Waals surface area contributed by atoms with Crippen molar-refractivity contribution in [3.8, 4) is 0 Å². The van der Waals surface area contributed by atoms with E-state index >= 15 is 0 Å². The zero-order chi connectivity index (χ0) is 8.81. The van der Waals surface area contributed by atoms with Gasteiger partial charge in [0.25, 0.3) is 0 Å². The van der Waals surface area contributed by atoms with Crippen molar-refractivity contribution >= 4 is 0 Å². The van der Waals surface area contributed by atoms with E-state index in [1.54, 1.807) is 5.92 Å². The normalized spacial score (nSPS) is 22.5. The lowest BCUT2D eigenvalue weighted by Crippen LogP contribution is -2.15. The molecular formula is C11H21O. The molecule has 71 valence electrons. The van der Waals surface area contributed by atoms with Crippen LogP contribution in [0.3, 0.4) is 0 Å². The highest BCUT2D eigenvalue weighted by atomic mass is 16.5. The summed E-state index contributed by atoms with van der Waals surface area (Å²) in [7, 11) is 1.83. The number of ether oxygens (including phenoxy) is 1. The Bertz CT molecular complexity index is 102. The predicted octanol–water partition coefficient (Wildman–Crippen LogP) is 3.34. The van der Waals surface area contributed by atoms with E-state index in [0.717, 1.165) is 6.42 Å². The molecule has 0 bridgehead atoms. The summed E-state index contributed by atoms with van der Waals surface area (Å²) in [5.74, 6) is 1.75. The lowest BCUT2D eigenvalue weighted by Gasteiger charge is -2.24. The quantitative estimate of drug-likeness (QED) is 0.627. The van der Waals surface area contributed by atoms with Gasteiger partial charge in [-0.15, -0.1) is 0 Å². The van der Waals surface area contributed by atoms with Crippen LogP contribution in [-0.4, -0.2) is 13.2 Å². The highest BCUT2D eigenvalue weighted by molar-refractivity contribution is 4.94. The van der Waals surface area contributed by atoms with Crippen molar-refractivity contribution in [2.24, 2.45) is 0 Å². The molecule has 0 heterocycles. The van der Waals surface area contributed by atoms with E-state index in [2.05, 4.69) is 6.92 Å². The molecule has 0 spiro atoms. The van der Waals surface area contributed by atoms with E-state index in [1.165, 1.54) is 38.5 Å². The molecule has 0 N–H and O–H groups in total. The lowest BCUT2D eigenvalue weighted by atomic mass is 9.85. The maximum absolute atomic E-state index is 5.38. The van der Waals surface area contributed by atoms with Gasteiger partial charge >= 0.3 is 0 Å². The maximum Gasteiger partial charge on any atom is 0.0574 e. The van der Waals surface area contributed by atoms with Crippen molar-refractivity contribution in [1.82, 2.24) is 0 Å². The zero-order valence-corrected chi connectivity index (χ0v) is 8.44. The van der Waals surface area contributed by atoms with E-state index in [0.29, 0.717) is 6.10 Å². The van der Waals surface area contributed by atoms with Gasteiger partial charge in [-0.05, 0) is 31.6 Å². The molecule has 0 aromatic carbocycles. The third-order valence-corrected chi connectivity index (χ3v) is 2.87. The Kier molecular flexibility index (Phi) is 4.67. The molecular weight excluding hydrogens is 148 g/mol. The van der Waals surface area contributed by atoms with Gasteiger partial charge in [-0.3, -0.25) is 0 Å². The van der Waals surface area contributed by atoms with Crippen LogP contribution < -0.4 is 0 Å². The number of hydrogen-bond donors (Lipinski definition) is 0. The first-order valence-electron chi connectivity index (χ1n) is 5.23. The molecule has 1 aliphatic rings. The summed E-state index contributed by atoms with van der Waals surface area (Å²) in [6.45, 7) is 2.21. The Morgan fingerprint density at radius 3 is 2.42 bits per heavy atom. The molecule has 0 saturated heterocycles. The van der Waals surface area contributed by atoms with Crippen LogP contribution in [-0.2, 0) is 4.74 Å². The fraction of sp³-hybridized carbons (Fsp3) is 0.909. The maximum atomic E-state index is 5.38. The summed E-state index contributed by atoms with van der Waals surface area (Å²) >= 11 is 0. The molecule has 1 nitrogen and oxygen atoms in total. The van der Waals surface area contributed by atoms with Crippen molar-refractivity contribution in [3.63, 3.8) is 0 Å². The molecule has 12 heavy (non-hydrogen) atoms. The monoisotopic (exact) mass is 169 g/mol. The molecule has 1 heteroatoms. The smallest absolute Gasteiger partial charge is 0.0574 e. The van der Waals surface area contributed by atoms with Crippen LogP contribution in [0.4, 0.5) is 0 Å². The molecule has 1 atom stereocenters. The van der Waals surface area contributed by atoms with Crippen molar-refractivity contribution in [2.75, 3.05) is 7.11 Å². The van der Waals surface area contributed by atoms with E-state index in [4.69, 9.17) is 4.74 Å². The summed E-state index contributed by atoms with van der Waals surface area (Å²) in [6.07, 6.45) is 9.84. The van der Waals surface area contributed by atoms with Gasteiger partial charge in [-0.25, -0.2) is 0 Å². The van der Waals surface area contributed by atoms with Crippen LogP contribution >= 0.6 is 0 Å². The highest BCUT2D eigenvalue weighted by Crippen LogP contribution is 2.30. The van der Waals surface area contributed by atoms with Crippen molar-refractivity contribution in [2.45, 2.75) is 58.0 Å². The Morgan fingerprint density at radius 2 is 1.92 bits per heavy atom. The summed E-state index contributed by atoms with van der Waals surface area (Å²) in [4.78, 5) is 0. The summed E-state index contributed by atoms with van der Waals surface area (Å²) in [5.41, 5.74) is 0. The lowest BCUT2D eigenvalue weighted by molar-refractivity contribution is 0.0920. The van der Waals surface area contributed by atoms with Gasteiger partial charge in [0.2, 0.25) is 0 Å². The largest absolute Gasteiger partial charge is 0.381 e. The van der Waals surface area contributed by atoms with Gasteiger partial charge in [0.15, 0.2) is 0 Å². The minimum Gasteiger partial charge on any atom is -0.381 e. The third-order valence-electron chi connectivity index (χ3n) is 2.87. The van der Waals surface area contributed by atoms with Gasteiger partial charge in [0.05, 0.1) is 6.10 Å². The van der Waals surface area contributed by atoms with Crippen molar-refractivity contribution < 1.29 is 4.74 Å². The van der Waals surface area contributed by atoms with Gasteiger partial charge in [-0.2, -0.15) is 0 Å². The second-order valence-electron chi connectivity index (χ2n) is 3.78. The zero-order valence-electron chi connectivity index (χ0n) is 8.44. The van der Waals surface area contributed by atoms with Crippen molar-refractivity contribution in [1.29, 1.82) is 0 Å². The van der Waals surface area contributed by atoms with Crippen molar-refractivity contribution in [3.05, 3.63) is 5.92 Å². The Labute approximate surface area is 76.5 Å². The first kappa shape index (κ1) is 10.0. The average Bonchev–Trinajstić information content (AvgIpc) is 2.16. The third kappa shape index (κ3) is 3.14. The summed E-state index contributed by atoms with van der Waals surface area (Å²) in [6, 6.07) is 0. The molecule has 0 aliphatic heterocycles. The molecule has 1 unspecified atom stereocenters. The van der Waals surface area contributed by atoms with E-state index in [1.807, 2.05) is 7.11 Å². The van der Waals surface area contributed by atoms with Gasteiger partial charge < -0.3 is 4.74 Å². The van der Waals surface area contributed by atoms with E-state index < -0.39 is 0 Å². The van der Waals surface area contributed by atoms with Gasteiger partial charge in [-0.1, -0.05) is 26.2 Å². The Morgan fingerprint density at radius 1 is 1.25 bits per heavy atom. The molecule has 1 aliphatic carbocycles. The average molecular weight is 169 g/mol. The standard InChI is InChI=1S/C11H21O/c1-3-11(12-2)9-10-7-5-4-6-8-10/h11H,3-9H2,1-2H3. The topological polar surface area (TPSA) is 9.23 Å². The summed E-state index contributed by atoms with van der Waals surface area (Å²) in [5, 5.41) is 0. The fourth-order valence-corrected chi connectivity index (χ4v) is 1.97. The Hall–Kier alpha value is -0.0400. The Balaban J connectivity index is 2.18. The molecule has 0 aromatic heterocycles. The van der Waals surface area contributed by atoms with E-state index in [9.17, 15) is 0 Å². The minimum absolute atomic E-state index is 0.484. The molecule has 1 fully saturated rings. The van der Waals surface area contributed by atoms with Crippen LogP contribution in [0.5, 0.6) is 0 Å². The minimum atomic E-state index is 0.484. The van der Waals surface area contributed by atoms with Crippen LogP contribution in [0.15, 0.2) is 0 Å². The SMILES string of the molecule is CCC(C[C]1CCCCC1)OC. The summed E-state index contributed by atoms with van der Waals surface area (Å²) < 4.78 is 5.38. The second kappa shape index (κ2) is 5.58. The van der Waals surface area contributed by atoms with Crippen LogP contribution in [0.2, 0.25) is 0 Å². The number of rotatable bonds is 4. The van der Waals surface area contributed by atoms with Gasteiger partial charge in [0.1, 0.15) is 0 Å². The molecule has 0 aromatic rings. The molecule has 1 rings (SSSR count). The van der Waals surface area contributed by atoms with Crippen LogP contribution in [0.1, 0.15) is 51.9 Å². The molecule has 1 radical (unpaired) electrons.